The maximum Gasteiger partial charge on any atom is 0.643 e. The lowest BCUT2D eigenvalue weighted by atomic mass is 10.2. The number of aromatic amines is 2. The summed E-state index contributed by atoms with van der Waals surface area (Å²) in [5.74, 6) is 0.0520. The highest BCUT2D eigenvalue weighted by Gasteiger charge is 2.11. The van der Waals surface area contributed by atoms with Crippen molar-refractivity contribution in [1.82, 2.24) is 19.9 Å². The molecule has 0 aliphatic heterocycles. The fourth-order valence-electron chi connectivity index (χ4n) is 2.19. The molecule has 4 aromatic rings. The van der Waals surface area contributed by atoms with E-state index in [1.807, 2.05) is 24.4 Å². The topological polar surface area (TPSA) is 91.5 Å². The van der Waals surface area contributed by atoms with Gasteiger partial charge in [-0.05, 0) is 66.0 Å². The van der Waals surface area contributed by atoms with Gasteiger partial charge in [0.2, 0.25) is 4.69 Å². The van der Waals surface area contributed by atoms with Gasteiger partial charge in [0.25, 0.3) is 0 Å². The smallest absolute Gasteiger partial charge is 0.346 e. The van der Waals surface area contributed by atoms with Crippen molar-refractivity contribution in [2.75, 3.05) is 10.7 Å². The van der Waals surface area contributed by atoms with E-state index in [4.69, 9.17) is 30.1 Å². The highest BCUT2D eigenvalue weighted by molar-refractivity contribution is 9.19. The van der Waals surface area contributed by atoms with Gasteiger partial charge in [0.05, 0.1) is 10.7 Å². The quantitative estimate of drug-likeness (QED) is 0.0929. The van der Waals surface area contributed by atoms with Crippen LogP contribution in [-0.2, 0) is 4.79 Å². The van der Waals surface area contributed by atoms with Crippen LogP contribution in [0.2, 0.25) is 0 Å². The number of alkyl halides is 2. The number of nitrogens with zero attached hydrogens (tertiary/aromatic N) is 2. The van der Waals surface area contributed by atoms with Gasteiger partial charge in [-0.1, -0.05) is 46.7 Å². The summed E-state index contributed by atoms with van der Waals surface area (Å²) in [6.45, 7) is 0. The first-order valence-electron chi connectivity index (χ1n) is 8.56. The first-order valence-corrected chi connectivity index (χ1v) is 18.4. The number of carbonyl (C=O) groups is 2. The molecule has 4 aromatic heterocycles. The molecule has 0 unspecified atom stereocenters. The number of ketones is 1. The molecule has 0 aromatic carbocycles. The van der Waals surface area contributed by atoms with Crippen LogP contribution in [-0.4, -0.2) is 52.5 Å². The number of rotatable bonds is 3. The number of halogens is 8. The lowest BCUT2D eigenvalue weighted by Gasteiger charge is -1.94. The zero-order valence-corrected chi connectivity index (χ0v) is 27.6. The summed E-state index contributed by atoms with van der Waals surface area (Å²) in [7, 11) is 14.8. The van der Waals surface area contributed by atoms with Crippen LogP contribution in [0.4, 0.5) is 0 Å². The lowest BCUT2D eigenvalue weighted by Crippen LogP contribution is -1.97. The Kier molecular flexibility index (Phi) is 22.0. The summed E-state index contributed by atoms with van der Waals surface area (Å²) in [4.78, 5) is 35.4. The van der Waals surface area contributed by atoms with E-state index in [-0.39, 0.29) is 25.3 Å². The number of carbonyl (C=O) groups excluding carboxylic acids is 2. The molecule has 0 radical (unpaired) electrons. The molecule has 15 heteroatoms. The fraction of sp³-hybridized carbons (Fsp3) is 0.200. The number of fused-ring (bicyclic) bond motifs is 2. The summed E-state index contributed by atoms with van der Waals surface area (Å²) >= 11 is 13.7. The molecule has 192 valence electrons. The van der Waals surface area contributed by atoms with Crippen LogP contribution in [0.1, 0.15) is 25.2 Å². The molecule has 0 amide bonds. The molecule has 0 bridgehead atoms. The normalized spacial score (nSPS) is 9.14. The number of aromatic nitrogens is 4. The second-order valence-corrected chi connectivity index (χ2v) is 15.9. The summed E-state index contributed by atoms with van der Waals surface area (Å²) in [6, 6.07) is 5.90. The fourth-order valence-corrected chi connectivity index (χ4v) is 3.18. The third-order valence-corrected chi connectivity index (χ3v) is 6.31. The lowest BCUT2D eigenvalue weighted by molar-refractivity contribution is -0.108. The Balaban J connectivity index is 0. The van der Waals surface area contributed by atoms with Crippen LogP contribution in [0.25, 0.3) is 22.1 Å². The Bertz CT molecular complexity index is 1190. The maximum absolute atomic E-state index is 11.5. The number of Topliss-reactive ketones (excluding diaryl/α,β-unsaturated/α-hetero) is 1. The van der Waals surface area contributed by atoms with E-state index in [1.165, 1.54) is 0 Å². The largest absolute Gasteiger partial charge is 0.643 e. The number of H-pyrrole nitrogens is 2. The van der Waals surface area contributed by atoms with E-state index in [1.54, 1.807) is 18.6 Å². The zero-order chi connectivity index (χ0) is 25.0. The van der Waals surface area contributed by atoms with E-state index in [0.29, 0.717) is 16.2 Å². The van der Waals surface area contributed by atoms with Gasteiger partial charge in [-0.2, -0.15) is 0 Å². The molecule has 0 saturated carbocycles. The maximum atomic E-state index is 11.5. The minimum absolute atomic E-state index is 0. The Labute approximate surface area is 263 Å². The molecule has 0 aliphatic rings. The van der Waals surface area contributed by atoms with Crippen molar-refractivity contribution in [2.24, 2.45) is 0 Å². The Morgan fingerprint density at radius 2 is 1.43 bits per heavy atom. The van der Waals surface area contributed by atoms with Crippen molar-refractivity contribution in [3.63, 3.8) is 0 Å². The van der Waals surface area contributed by atoms with Crippen molar-refractivity contribution < 1.29 is 9.59 Å². The molecule has 2 N–H and O–H groups in total. The Hall–Kier alpha value is 0.522. The van der Waals surface area contributed by atoms with Gasteiger partial charge in [-0.3, -0.25) is 9.59 Å². The molecule has 35 heavy (non-hydrogen) atoms. The highest BCUT2D eigenvalue weighted by Crippen LogP contribution is 2.21. The van der Waals surface area contributed by atoms with Crippen LogP contribution in [0, 0.1) is 0 Å². The standard InChI is InChI=1S/C9H6Br2N2O.C7H5BrN2.C2H2Br2O.2CH4.Al.3ClH/c10-2-8(14)7-4-13-9-6(7)1-5(11)3-12-9;8-6-3-5-1-2-9-7(5)10-4-6;3-1-2(4)5;;;;;;/h1,3-4H,2H2,(H,12,13);1-4H,(H,9,10);1H2;2*1H4;;3*1H/q;;;;;+3;;;/p-3. The monoisotopic (exact) mass is 876 g/mol. The van der Waals surface area contributed by atoms with Crippen molar-refractivity contribution in [3.05, 3.63) is 57.5 Å². The number of pyridine rings is 2. The van der Waals surface area contributed by atoms with E-state index >= 15 is 0 Å². The molecule has 0 atom stereocenters. The van der Waals surface area contributed by atoms with Crippen LogP contribution in [0.15, 0.2) is 51.9 Å². The molecule has 0 fully saturated rings. The average Bonchev–Trinajstić information content (AvgIpc) is 3.39. The third kappa shape index (κ3) is 14.9. The van der Waals surface area contributed by atoms with Crippen molar-refractivity contribution >= 4 is 154 Å². The minimum atomic E-state index is -1.72. The third-order valence-electron chi connectivity index (χ3n) is 3.39. The predicted octanol–water partition coefficient (Wildman–Crippen LogP) is 9.49. The highest BCUT2D eigenvalue weighted by atomic mass is 79.9. The molecule has 4 heterocycles. The summed E-state index contributed by atoms with van der Waals surface area (Å²) in [5, 5.41) is 2.71. The molecular formula is C20H21AlBr5Cl3N4O2. The minimum Gasteiger partial charge on any atom is -0.346 e. The SMILES string of the molecule is Brc1cnc2[nH]ccc2c1.C.C.O=C(Br)CBr.O=C(CBr)c1c[nH]c2ncc(Br)cc12.[Cl][Al]([Cl])[Cl]. The molecule has 0 aliphatic carbocycles. The second kappa shape index (κ2) is 20.5. The first-order chi connectivity index (χ1) is 15.6. The molecule has 6 nitrogen and oxygen atoms in total. The van der Waals surface area contributed by atoms with Gasteiger partial charge in [0, 0.05) is 50.1 Å². The molecule has 4 rings (SSSR count). The Morgan fingerprint density at radius 1 is 0.914 bits per heavy atom. The van der Waals surface area contributed by atoms with Crippen LogP contribution in [0.3, 0.4) is 0 Å². The molecule has 0 saturated heterocycles. The summed E-state index contributed by atoms with van der Waals surface area (Å²) in [5.41, 5.74) is 2.34. The van der Waals surface area contributed by atoms with E-state index in [0.717, 1.165) is 31.0 Å². The van der Waals surface area contributed by atoms with Crippen LogP contribution >= 0.6 is 110 Å². The average molecular weight is 882 g/mol. The van der Waals surface area contributed by atoms with E-state index in [9.17, 15) is 9.59 Å². The number of nitrogens with one attached hydrogen (secondary N) is 2. The predicted molar refractivity (Wildman–Crippen MR) is 170 cm³/mol. The van der Waals surface area contributed by atoms with Crippen molar-refractivity contribution in [2.45, 2.75) is 14.9 Å². The van der Waals surface area contributed by atoms with Gasteiger partial charge in [0.1, 0.15) is 11.3 Å². The number of hydrogen-bond donors (Lipinski definition) is 2. The van der Waals surface area contributed by atoms with Gasteiger partial charge < -0.3 is 9.97 Å². The van der Waals surface area contributed by atoms with Crippen molar-refractivity contribution in [3.8, 4) is 0 Å². The van der Waals surface area contributed by atoms with Gasteiger partial charge >= 0.3 is 11.4 Å². The second-order valence-electron chi connectivity index (χ2n) is 5.61. The van der Waals surface area contributed by atoms with Crippen LogP contribution < -0.4 is 0 Å². The van der Waals surface area contributed by atoms with Crippen LogP contribution in [0.5, 0.6) is 0 Å². The zero-order valence-electron chi connectivity index (χ0n) is 16.3. The van der Waals surface area contributed by atoms with E-state index < -0.39 is 11.4 Å². The van der Waals surface area contributed by atoms with E-state index in [2.05, 4.69) is 99.6 Å². The molecule has 0 spiro atoms. The van der Waals surface area contributed by atoms with Gasteiger partial charge in [-0.15, -0.1) is 0 Å². The van der Waals surface area contributed by atoms with Gasteiger partial charge in [-0.25, -0.2) is 40.1 Å². The summed E-state index contributed by atoms with van der Waals surface area (Å²) in [6.07, 6.45) is 7.04. The van der Waals surface area contributed by atoms with Gasteiger partial charge in [0.15, 0.2) is 5.78 Å². The summed E-state index contributed by atoms with van der Waals surface area (Å²) < 4.78 is 1.87. The Morgan fingerprint density at radius 3 is 1.94 bits per heavy atom. The first kappa shape index (κ1) is 37.7. The number of hydrogen-bond acceptors (Lipinski definition) is 4. The molecular weight excluding hydrogens is 861 g/mol. The van der Waals surface area contributed by atoms with Crippen molar-refractivity contribution in [1.29, 1.82) is 0 Å².